The molecule has 0 aliphatic carbocycles. The molecular weight excluding hydrogens is 526 g/mol. The number of nitriles is 2. The van der Waals surface area contributed by atoms with Gasteiger partial charge in [-0.3, -0.25) is 0 Å². The molecule has 0 atom stereocenters. The highest BCUT2D eigenvalue weighted by molar-refractivity contribution is 5.88. The lowest BCUT2D eigenvalue weighted by Gasteiger charge is -2.26. The van der Waals surface area contributed by atoms with E-state index < -0.39 is 0 Å². The number of H-pyrrole nitrogens is 2. The van der Waals surface area contributed by atoms with Crippen molar-refractivity contribution in [2.45, 2.75) is 0 Å². The Labute approximate surface area is 249 Å². The van der Waals surface area contributed by atoms with Gasteiger partial charge in [0, 0.05) is 50.3 Å². The van der Waals surface area contributed by atoms with Gasteiger partial charge < -0.3 is 14.9 Å². The number of allylic oxidation sites excluding steroid dienone is 1. The van der Waals surface area contributed by atoms with E-state index in [2.05, 4.69) is 99.8 Å². The van der Waals surface area contributed by atoms with Crippen LogP contribution >= 0.6 is 0 Å². The fraction of sp³-hybridized carbons (Fsp3) is 0. The molecule has 7 aromatic rings. The molecule has 2 heterocycles. The number of benzene rings is 5. The summed E-state index contributed by atoms with van der Waals surface area (Å²) >= 11 is 0. The fourth-order valence-corrected chi connectivity index (χ4v) is 5.46. The Morgan fingerprint density at radius 2 is 0.953 bits per heavy atom. The lowest BCUT2D eigenvalue weighted by Crippen LogP contribution is -2.09. The molecular formula is C38H25N5. The van der Waals surface area contributed by atoms with Crippen LogP contribution < -0.4 is 4.90 Å². The van der Waals surface area contributed by atoms with Crippen molar-refractivity contribution in [3.63, 3.8) is 0 Å². The second kappa shape index (κ2) is 10.9. The largest absolute Gasteiger partial charge is 0.355 e. The van der Waals surface area contributed by atoms with Crippen molar-refractivity contribution >= 4 is 44.9 Å². The maximum atomic E-state index is 9.17. The Morgan fingerprint density at radius 3 is 1.37 bits per heavy atom. The first kappa shape index (κ1) is 25.7. The van der Waals surface area contributed by atoms with Crippen molar-refractivity contribution in [2.75, 3.05) is 4.90 Å². The number of para-hydroxylation sites is 2. The van der Waals surface area contributed by atoms with Crippen LogP contribution in [0.1, 0.15) is 5.56 Å². The summed E-state index contributed by atoms with van der Waals surface area (Å²) < 4.78 is 0. The summed E-state index contributed by atoms with van der Waals surface area (Å²) in [7, 11) is 0. The van der Waals surface area contributed by atoms with Gasteiger partial charge in [0.2, 0.25) is 0 Å². The van der Waals surface area contributed by atoms with Crippen LogP contribution in [-0.2, 0) is 0 Å². The Kier molecular flexibility index (Phi) is 6.52. The van der Waals surface area contributed by atoms with E-state index in [1.807, 2.05) is 60.7 Å². The van der Waals surface area contributed by atoms with Crippen molar-refractivity contribution < 1.29 is 0 Å². The molecule has 2 aromatic heterocycles. The lowest BCUT2D eigenvalue weighted by atomic mass is 10.1. The van der Waals surface area contributed by atoms with Crippen LogP contribution in [0.15, 0.2) is 139 Å². The number of nitrogens with zero attached hydrogens (tertiary/aromatic N) is 3. The van der Waals surface area contributed by atoms with E-state index in [1.165, 1.54) is 10.8 Å². The highest BCUT2D eigenvalue weighted by Gasteiger charge is 2.14. The van der Waals surface area contributed by atoms with Gasteiger partial charge in [-0.1, -0.05) is 72.8 Å². The molecule has 0 radical (unpaired) electrons. The van der Waals surface area contributed by atoms with Crippen molar-refractivity contribution in [2.24, 2.45) is 0 Å². The molecule has 0 saturated heterocycles. The van der Waals surface area contributed by atoms with E-state index in [1.54, 1.807) is 6.08 Å². The Bertz CT molecular complexity index is 1980. The maximum absolute atomic E-state index is 9.17. The molecule has 0 aliphatic rings. The third-order valence-electron chi connectivity index (χ3n) is 7.64. The summed E-state index contributed by atoms with van der Waals surface area (Å²) in [6, 6.07) is 49.7. The number of hydrogen-bond acceptors (Lipinski definition) is 3. The standard InChI is InChI=1S/C38H25N5/c39-24-27(25-40)21-26-9-15-32(16-10-26)43(33-17-11-28(12-18-33)37-22-30-5-1-3-7-35(30)41-37)34-19-13-29(14-20-34)38-23-31-6-2-4-8-36(31)42-38/h1-23,41-42H. The summed E-state index contributed by atoms with van der Waals surface area (Å²) in [6.45, 7) is 0. The molecule has 202 valence electrons. The normalized spacial score (nSPS) is 10.7. The molecule has 43 heavy (non-hydrogen) atoms. The van der Waals surface area contributed by atoms with Gasteiger partial charge in [0.25, 0.3) is 0 Å². The monoisotopic (exact) mass is 551 g/mol. The van der Waals surface area contributed by atoms with E-state index >= 15 is 0 Å². The molecule has 0 saturated carbocycles. The third-order valence-corrected chi connectivity index (χ3v) is 7.64. The number of anilines is 3. The minimum absolute atomic E-state index is 0.0738. The van der Waals surface area contributed by atoms with E-state index in [0.29, 0.717) is 0 Å². The molecule has 0 fully saturated rings. The van der Waals surface area contributed by atoms with Crippen LogP contribution in [-0.4, -0.2) is 9.97 Å². The van der Waals surface area contributed by atoms with E-state index in [-0.39, 0.29) is 5.57 Å². The van der Waals surface area contributed by atoms with E-state index in [9.17, 15) is 0 Å². The molecule has 0 bridgehead atoms. The zero-order valence-corrected chi connectivity index (χ0v) is 23.1. The average Bonchev–Trinajstić information content (AvgIpc) is 3.70. The summed E-state index contributed by atoms with van der Waals surface area (Å²) in [5.74, 6) is 0. The third kappa shape index (κ3) is 5.04. The molecule has 2 N–H and O–H groups in total. The predicted molar refractivity (Wildman–Crippen MR) is 175 cm³/mol. The van der Waals surface area contributed by atoms with Crippen LogP contribution in [0.3, 0.4) is 0 Å². The van der Waals surface area contributed by atoms with E-state index in [4.69, 9.17) is 10.5 Å². The van der Waals surface area contributed by atoms with Crippen molar-refractivity contribution in [3.05, 3.63) is 145 Å². The van der Waals surface area contributed by atoms with Gasteiger partial charge in [0.15, 0.2) is 0 Å². The molecule has 5 heteroatoms. The van der Waals surface area contributed by atoms with Crippen molar-refractivity contribution in [1.82, 2.24) is 9.97 Å². The van der Waals surface area contributed by atoms with Crippen LogP contribution in [0.2, 0.25) is 0 Å². The second-order valence-electron chi connectivity index (χ2n) is 10.3. The average molecular weight is 552 g/mol. The molecule has 0 spiro atoms. The van der Waals surface area contributed by atoms with Crippen LogP contribution in [0.25, 0.3) is 50.4 Å². The van der Waals surface area contributed by atoms with Crippen molar-refractivity contribution in [1.29, 1.82) is 10.5 Å². The van der Waals surface area contributed by atoms with Crippen LogP contribution in [0.4, 0.5) is 17.1 Å². The molecule has 0 amide bonds. The van der Waals surface area contributed by atoms with Crippen molar-refractivity contribution in [3.8, 4) is 34.7 Å². The quantitative estimate of drug-likeness (QED) is 0.202. The zero-order valence-electron chi connectivity index (χ0n) is 23.1. The number of aromatic amines is 2. The van der Waals surface area contributed by atoms with Gasteiger partial charge in [0.05, 0.1) is 0 Å². The van der Waals surface area contributed by atoms with Gasteiger partial charge in [-0.25, -0.2) is 0 Å². The number of aromatic nitrogens is 2. The first-order chi connectivity index (χ1) is 21.2. The number of hydrogen-bond donors (Lipinski definition) is 2. The zero-order chi connectivity index (χ0) is 29.2. The maximum Gasteiger partial charge on any atom is 0.130 e. The number of rotatable bonds is 6. The van der Waals surface area contributed by atoms with Crippen LogP contribution in [0.5, 0.6) is 0 Å². The highest BCUT2D eigenvalue weighted by Crippen LogP contribution is 2.37. The topological polar surface area (TPSA) is 82.4 Å². The van der Waals surface area contributed by atoms with E-state index in [0.717, 1.165) is 56.2 Å². The number of nitrogens with one attached hydrogen (secondary N) is 2. The Hall–Kier alpha value is -6.30. The first-order valence-corrected chi connectivity index (χ1v) is 14.0. The minimum atomic E-state index is 0.0738. The van der Waals surface area contributed by atoms with Gasteiger partial charge in [-0.15, -0.1) is 0 Å². The van der Waals surface area contributed by atoms with Gasteiger partial charge in [-0.2, -0.15) is 10.5 Å². The SMILES string of the molecule is N#CC(C#N)=Cc1ccc(N(c2ccc(-c3cc4ccccc4[nH]3)cc2)c2ccc(-c3cc4ccccc4[nH]3)cc2)cc1. The minimum Gasteiger partial charge on any atom is -0.355 e. The molecule has 5 aromatic carbocycles. The Balaban J connectivity index is 1.26. The smallest absolute Gasteiger partial charge is 0.130 e. The fourth-order valence-electron chi connectivity index (χ4n) is 5.46. The van der Waals surface area contributed by atoms with Gasteiger partial charge in [0.1, 0.15) is 17.7 Å². The summed E-state index contributed by atoms with van der Waals surface area (Å²) in [4.78, 5) is 9.24. The molecule has 7 rings (SSSR count). The molecule has 0 aliphatic heterocycles. The first-order valence-electron chi connectivity index (χ1n) is 14.0. The molecule has 5 nitrogen and oxygen atoms in total. The summed E-state index contributed by atoms with van der Waals surface area (Å²) in [6.07, 6.45) is 1.60. The summed E-state index contributed by atoms with van der Waals surface area (Å²) in [5.41, 5.74) is 10.4. The summed E-state index contributed by atoms with van der Waals surface area (Å²) in [5, 5.41) is 20.7. The second-order valence-corrected chi connectivity index (χ2v) is 10.3. The predicted octanol–water partition coefficient (Wildman–Crippen LogP) is 9.88. The number of fused-ring (bicyclic) bond motifs is 2. The van der Waals surface area contributed by atoms with Crippen LogP contribution in [0, 0.1) is 22.7 Å². The Morgan fingerprint density at radius 1 is 0.535 bits per heavy atom. The lowest BCUT2D eigenvalue weighted by molar-refractivity contribution is 1.28. The highest BCUT2D eigenvalue weighted by atomic mass is 15.1. The molecule has 0 unspecified atom stereocenters. The van der Waals surface area contributed by atoms with Gasteiger partial charge >= 0.3 is 0 Å². The van der Waals surface area contributed by atoms with Gasteiger partial charge in [-0.05, 0) is 83.4 Å².